The van der Waals surface area contributed by atoms with Crippen molar-refractivity contribution in [3.05, 3.63) is 35.9 Å². The Bertz CT molecular complexity index is 1550. The van der Waals surface area contributed by atoms with Gasteiger partial charge in [-0.25, -0.2) is 13.2 Å². The van der Waals surface area contributed by atoms with Crippen LogP contribution in [0.4, 0.5) is 10.5 Å². The smallest absolute Gasteiger partial charge is 0.410 e. The number of ether oxygens (including phenoxy) is 6. The summed E-state index contributed by atoms with van der Waals surface area (Å²) in [6, 6.07) is 7.13. The van der Waals surface area contributed by atoms with Gasteiger partial charge in [0, 0.05) is 37.6 Å². The van der Waals surface area contributed by atoms with Crippen LogP contribution < -0.4 is 23.8 Å². The van der Waals surface area contributed by atoms with Gasteiger partial charge in [-0.2, -0.15) is 0 Å². The van der Waals surface area contributed by atoms with Crippen LogP contribution in [0.3, 0.4) is 0 Å². The monoisotopic (exact) mass is 677 g/mol. The molecule has 2 saturated heterocycles. The molecule has 0 unspecified atom stereocenters. The number of anilines is 1. The topological polar surface area (TPSA) is 162 Å². The first-order chi connectivity index (χ1) is 22.5. The van der Waals surface area contributed by atoms with E-state index in [2.05, 4.69) is 5.32 Å². The Kier molecular flexibility index (Phi) is 10.9. The number of phenolic OH excluding ortho intramolecular Hbond substituents is 1. The lowest BCUT2D eigenvalue weighted by molar-refractivity contribution is -0.119. The summed E-state index contributed by atoms with van der Waals surface area (Å²) in [4.78, 5) is 26.4. The molecule has 0 aliphatic carbocycles. The summed E-state index contributed by atoms with van der Waals surface area (Å²) in [5.74, 6) is -0.0260. The van der Waals surface area contributed by atoms with Gasteiger partial charge in [0.2, 0.25) is 12.7 Å². The molecular weight excluding hydrogens is 634 g/mol. The number of nitrogens with zero attached hydrogens (tertiary/aromatic N) is 2. The zero-order valence-corrected chi connectivity index (χ0v) is 27.9. The number of fused-ring (bicyclic) bond motifs is 2. The summed E-state index contributed by atoms with van der Waals surface area (Å²) >= 11 is 0. The molecule has 0 spiro atoms. The lowest BCUT2D eigenvalue weighted by Crippen LogP contribution is -2.45. The molecular formula is C32H43N3O11S. The van der Waals surface area contributed by atoms with Crippen molar-refractivity contribution >= 4 is 27.7 Å². The quantitative estimate of drug-likeness (QED) is 0.281. The SMILES string of the molecule is CCCN(C(=O)OCc1ccc(OCCNC(C)=O)c(N(CC(C)C)S(=O)(=O)c2ccc3c(c2)OCO3)c1O)[C@H]1CO[C@H]2OCC[C@H]21. The molecule has 0 bridgehead atoms. The average Bonchev–Trinajstić information content (AvgIpc) is 3.78. The van der Waals surface area contributed by atoms with Gasteiger partial charge in [0.15, 0.2) is 17.8 Å². The van der Waals surface area contributed by atoms with Crippen LogP contribution in [0.2, 0.25) is 0 Å². The standard InChI is InChI=1S/C32H43N3O11S/c1-5-12-34(25-18-43-31-24(25)10-13-42-31)32(38)44-17-22-6-8-27(41-14-11-33-21(4)36)29(30(22)37)35(16-20(2)3)47(39,40)23-7-9-26-28(15-23)46-19-45-26/h6-9,15,20,24-25,31,37H,5,10-14,16-19H2,1-4H3,(H,33,36)/t24-,25-,31+/m0/s1. The predicted molar refractivity (Wildman–Crippen MR) is 169 cm³/mol. The predicted octanol–water partition coefficient (Wildman–Crippen LogP) is 3.60. The molecule has 47 heavy (non-hydrogen) atoms. The fraction of sp³-hybridized carbons (Fsp3) is 0.562. The van der Waals surface area contributed by atoms with Crippen LogP contribution in [0.1, 0.15) is 46.1 Å². The number of hydrogen-bond donors (Lipinski definition) is 2. The zero-order valence-electron chi connectivity index (χ0n) is 27.1. The molecule has 0 saturated carbocycles. The molecule has 2 amide bonds. The van der Waals surface area contributed by atoms with Gasteiger partial charge >= 0.3 is 6.09 Å². The highest BCUT2D eigenvalue weighted by atomic mass is 32.2. The number of rotatable bonds is 14. The van der Waals surface area contributed by atoms with Gasteiger partial charge in [-0.15, -0.1) is 0 Å². The first-order valence-electron chi connectivity index (χ1n) is 15.8. The van der Waals surface area contributed by atoms with Crippen molar-refractivity contribution in [2.24, 2.45) is 11.8 Å². The highest BCUT2D eigenvalue weighted by Gasteiger charge is 2.46. The maximum atomic E-state index is 14.3. The third-order valence-corrected chi connectivity index (χ3v) is 9.86. The Balaban J connectivity index is 1.46. The van der Waals surface area contributed by atoms with Gasteiger partial charge in [-0.1, -0.05) is 20.8 Å². The van der Waals surface area contributed by atoms with Crippen molar-refractivity contribution < 1.29 is 51.5 Å². The van der Waals surface area contributed by atoms with Crippen molar-refractivity contribution in [1.82, 2.24) is 10.2 Å². The van der Waals surface area contributed by atoms with Gasteiger partial charge in [-0.3, -0.25) is 9.10 Å². The van der Waals surface area contributed by atoms with Gasteiger partial charge in [0.25, 0.3) is 10.0 Å². The minimum absolute atomic E-state index is 0.00125. The van der Waals surface area contributed by atoms with Crippen LogP contribution in [0, 0.1) is 11.8 Å². The molecule has 2 aromatic carbocycles. The van der Waals surface area contributed by atoms with Crippen molar-refractivity contribution in [3.8, 4) is 23.0 Å². The van der Waals surface area contributed by atoms with Crippen LogP contribution in [0.25, 0.3) is 0 Å². The van der Waals surface area contributed by atoms with Gasteiger partial charge in [-0.05, 0) is 43.0 Å². The van der Waals surface area contributed by atoms with Crippen molar-refractivity contribution in [3.63, 3.8) is 0 Å². The van der Waals surface area contributed by atoms with E-state index in [9.17, 15) is 23.1 Å². The highest BCUT2D eigenvalue weighted by Crippen LogP contribution is 2.44. The van der Waals surface area contributed by atoms with Crippen molar-refractivity contribution in [2.45, 2.75) is 64.4 Å². The number of aromatic hydroxyl groups is 1. The largest absolute Gasteiger partial charge is 0.505 e. The lowest BCUT2D eigenvalue weighted by Gasteiger charge is -2.31. The minimum Gasteiger partial charge on any atom is -0.505 e. The van der Waals surface area contributed by atoms with E-state index >= 15 is 0 Å². The van der Waals surface area contributed by atoms with E-state index in [0.29, 0.717) is 31.9 Å². The second kappa shape index (κ2) is 14.9. The molecule has 3 atom stereocenters. The first kappa shape index (κ1) is 34.4. The maximum Gasteiger partial charge on any atom is 0.410 e. The summed E-state index contributed by atoms with van der Waals surface area (Å²) in [7, 11) is -4.30. The number of carbonyl (C=O) groups is 2. The summed E-state index contributed by atoms with van der Waals surface area (Å²) in [5, 5.41) is 14.3. The Morgan fingerprint density at radius 3 is 2.66 bits per heavy atom. The number of hydrogen-bond acceptors (Lipinski definition) is 11. The van der Waals surface area contributed by atoms with E-state index in [-0.39, 0.29) is 90.8 Å². The fourth-order valence-corrected chi connectivity index (χ4v) is 7.55. The minimum atomic E-state index is -4.30. The molecule has 2 fully saturated rings. The van der Waals surface area contributed by atoms with E-state index < -0.39 is 21.9 Å². The number of phenols is 1. The highest BCUT2D eigenvalue weighted by molar-refractivity contribution is 7.92. The molecule has 0 radical (unpaired) electrons. The Hall–Kier alpha value is -3.95. The number of nitrogens with one attached hydrogen (secondary N) is 1. The maximum absolute atomic E-state index is 14.3. The first-order valence-corrected chi connectivity index (χ1v) is 17.3. The normalized spacial score (nSPS) is 19.8. The van der Waals surface area contributed by atoms with Crippen LogP contribution in [-0.4, -0.2) is 89.0 Å². The lowest BCUT2D eigenvalue weighted by atomic mass is 9.99. The van der Waals surface area contributed by atoms with Crippen LogP contribution in [0.5, 0.6) is 23.0 Å². The van der Waals surface area contributed by atoms with E-state index in [1.165, 1.54) is 37.3 Å². The van der Waals surface area contributed by atoms with E-state index in [0.717, 1.165) is 10.7 Å². The number of benzene rings is 2. The molecule has 14 nitrogen and oxygen atoms in total. The average molecular weight is 678 g/mol. The Morgan fingerprint density at radius 2 is 1.91 bits per heavy atom. The molecule has 2 N–H and O–H groups in total. The molecule has 3 aliphatic heterocycles. The van der Waals surface area contributed by atoms with E-state index in [4.69, 9.17) is 28.4 Å². The van der Waals surface area contributed by atoms with Crippen LogP contribution in [0.15, 0.2) is 35.2 Å². The molecule has 2 aromatic rings. The third-order valence-electron chi connectivity index (χ3n) is 8.10. The zero-order chi connectivity index (χ0) is 33.7. The molecule has 258 valence electrons. The number of sulfonamides is 1. The van der Waals surface area contributed by atoms with Gasteiger partial charge in [0.05, 0.1) is 30.7 Å². The van der Waals surface area contributed by atoms with Crippen molar-refractivity contribution in [2.75, 3.05) is 50.6 Å². The summed E-state index contributed by atoms with van der Waals surface area (Å²) < 4.78 is 63.4. The molecule has 3 aliphatic rings. The molecule has 5 rings (SSSR count). The summed E-state index contributed by atoms with van der Waals surface area (Å²) in [6.07, 6.45) is 0.568. The van der Waals surface area contributed by atoms with Crippen molar-refractivity contribution in [1.29, 1.82) is 0 Å². The molecule has 3 heterocycles. The molecule has 0 aromatic heterocycles. The Labute approximate surface area is 274 Å². The number of amides is 2. The van der Waals surface area contributed by atoms with Gasteiger partial charge < -0.3 is 43.7 Å². The van der Waals surface area contributed by atoms with Gasteiger partial charge in [0.1, 0.15) is 30.4 Å². The Morgan fingerprint density at radius 1 is 1.13 bits per heavy atom. The fourth-order valence-electron chi connectivity index (χ4n) is 5.89. The third kappa shape index (κ3) is 7.63. The van der Waals surface area contributed by atoms with Crippen LogP contribution in [-0.2, 0) is 35.6 Å². The van der Waals surface area contributed by atoms with Crippen LogP contribution >= 0.6 is 0 Å². The summed E-state index contributed by atoms with van der Waals surface area (Å²) in [6.45, 7) is 8.15. The number of carbonyl (C=O) groups excluding carboxylic acids is 2. The second-order valence-electron chi connectivity index (χ2n) is 12.0. The second-order valence-corrected chi connectivity index (χ2v) is 13.9. The molecule has 15 heteroatoms. The van der Waals surface area contributed by atoms with E-state index in [1.54, 1.807) is 4.90 Å². The summed E-state index contributed by atoms with van der Waals surface area (Å²) in [5.41, 5.74) is 0.0618. The van der Waals surface area contributed by atoms with E-state index in [1.807, 2.05) is 20.8 Å².